The smallest absolute Gasteiger partial charge is 0.317 e. The fourth-order valence-electron chi connectivity index (χ4n) is 1.99. The fourth-order valence-corrected chi connectivity index (χ4v) is 1.99. The summed E-state index contributed by atoms with van der Waals surface area (Å²) in [4.78, 5) is 13.3. The molecule has 1 heterocycles. The molecular weight excluding hydrogens is 240 g/mol. The van der Waals surface area contributed by atoms with Gasteiger partial charge in [-0.05, 0) is 18.2 Å². The van der Waals surface area contributed by atoms with Gasteiger partial charge in [-0.2, -0.15) is 0 Å². The van der Waals surface area contributed by atoms with Crippen LogP contribution in [0, 0.1) is 11.8 Å². The Hall–Kier alpha value is -1.99. The number of carbonyl (C=O) groups excluding carboxylic acids is 1. The third-order valence-corrected chi connectivity index (χ3v) is 3.02. The SMILES string of the molecule is COC(=O)CC#Cc1cccc(N2CCNCC2)c1. The number of carbonyl (C=O) groups is 1. The Balaban J connectivity index is 2.04. The Morgan fingerprint density at radius 1 is 1.42 bits per heavy atom. The van der Waals surface area contributed by atoms with Gasteiger partial charge >= 0.3 is 5.97 Å². The maximum absolute atomic E-state index is 11.0. The molecule has 0 atom stereocenters. The largest absolute Gasteiger partial charge is 0.468 e. The highest BCUT2D eigenvalue weighted by molar-refractivity contribution is 5.72. The first-order valence-electron chi connectivity index (χ1n) is 6.41. The average molecular weight is 258 g/mol. The van der Waals surface area contributed by atoms with Gasteiger partial charge in [-0.15, -0.1) is 0 Å². The topological polar surface area (TPSA) is 41.6 Å². The number of methoxy groups -OCH3 is 1. The van der Waals surface area contributed by atoms with Gasteiger partial charge in [0.15, 0.2) is 0 Å². The minimum Gasteiger partial charge on any atom is -0.468 e. The molecule has 2 rings (SSSR count). The highest BCUT2D eigenvalue weighted by atomic mass is 16.5. The molecule has 0 saturated carbocycles. The van der Waals surface area contributed by atoms with Crippen molar-refractivity contribution < 1.29 is 9.53 Å². The van der Waals surface area contributed by atoms with E-state index in [1.165, 1.54) is 12.8 Å². The molecule has 0 bridgehead atoms. The fraction of sp³-hybridized carbons (Fsp3) is 0.400. The lowest BCUT2D eigenvalue weighted by Gasteiger charge is -2.29. The van der Waals surface area contributed by atoms with E-state index in [1.54, 1.807) is 0 Å². The number of rotatable bonds is 2. The molecule has 1 aliphatic heterocycles. The molecule has 0 spiro atoms. The molecule has 0 amide bonds. The zero-order valence-electron chi connectivity index (χ0n) is 11.1. The second-order valence-electron chi connectivity index (χ2n) is 4.34. The molecule has 1 aromatic rings. The highest BCUT2D eigenvalue weighted by Crippen LogP contribution is 2.16. The van der Waals surface area contributed by atoms with Crippen molar-refractivity contribution in [2.45, 2.75) is 6.42 Å². The summed E-state index contributed by atoms with van der Waals surface area (Å²) >= 11 is 0. The van der Waals surface area contributed by atoms with Crippen molar-refractivity contribution in [3.05, 3.63) is 29.8 Å². The van der Waals surface area contributed by atoms with Crippen LogP contribution in [0.2, 0.25) is 0 Å². The molecule has 100 valence electrons. The van der Waals surface area contributed by atoms with E-state index < -0.39 is 0 Å². The molecule has 19 heavy (non-hydrogen) atoms. The second kappa shape index (κ2) is 6.81. The first-order valence-corrected chi connectivity index (χ1v) is 6.41. The maximum Gasteiger partial charge on any atom is 0.317 e. The number of ether oxygens (including phenoxy) is 1. The third kappa shape index (κ3) is 4.01. The van der Waals surface area contributed by atoms with Gasteiger partial charge in [-0.25, -0.2) is 0 Å². The van der Waals surface area contributed by atoms with Crippen LogP contribution < -0.4 is 10.2 Å². The summed E-state index contributed by atoms with van der Waals surface area (Å²) in [6.45, 7) is 4.05. The van der Waals surface area contributed by atoms with E-state index in [0.29, 0.717) is 0 Å². The second-order valence-corrected chi connectivity index (χ2v) is 4.34. The number of hydrogen-bond acceptors (Lipinski definition) is 4. The quantitative estimate of drug-likeness (QED) is 0.635. The molecule has 0 radical (unpaired) electrons. The number of piperazine rings is 1. The monoisotopic (exact) mass is 258 g/mol. The van der Waals surface area contributed by atoms with E-state index in [4.69, 9.17) is 0 Å². The molecule has 1 aromatic carbocycles. The van der Waals surface area contributed by atoms with Crippen LogP contribution in [-0.2, 0) is 9.53 Å². The minimum absolute atomic E-state index is 0.133. The van der Waals surface area contributed by atoms with Gasteiger partial charge in [-0.3, -0.25) is 4.79 Å². The molecule has 1 N–H and O–H groups in total. The molecule has 0 aromatic heterocycles. The molecule has 4 nitrogen and oxygen atoms in total. The van der Waals surface area contributed by atoms with E-state index in [2.05, 4.69) is 38.9 Å². The molecule has 0 aliphatic carbocycles. The van der Waals surface area contributed by atoms with Crippen molar-refractivity contribution >= 4 is 11.7 Å². The molecule has 1 aliphatic rings. The van der Waals surface area contributed by atoms with Gasteiger partial charge in [0.25, 0.3) is 0 Å². The van der Waals surface area contributed by atoms with Gasteiger partial charge in [0.05, 0.1) is 7.11 Å². The lowest BCUT2D eigenvalue weighted by molar-refractivity contribution is -0.139. The molecule has 1 saturated heterocycles. The molecule has 0 unspecified atom stereocenters. The number of hydrogen-bond donors (Lipinski definition) is 1. The van der Waals surface area contributed by atoms with E-state index in [-0.39, 0.29) is 12.4 Å². The van der Waals surface area contributed by atoms with Crippen molar-refractivity contribution in [1.29, 1.82) is 0 Å². The van der Waals surface area contributed by atoms with Gasteiger partial charge in [0.2, 0.25) is 0 Å². The van der Waals surface area contributed by atoms with Gasteiger partial charge < -0.3 is 15.0 Å². The van der Waals surface area contributed by atoms with E-state index in [1.807, 2.05) is 12.1 Å². The van der Waals surface area contributed by atoms with Crippen LogP contribution in [0.1, 0.15) is 12.0 Å². The summed E-state index contributed by atoms with van der Waals surface area (Å²) in [6.07, 6.45) is 0.133. The van der Waals surface area contributed by atoms with E-state index in [9.17, 15) is 4.79 Å². The van der Waals surface area contributed by atoms with Crippen LogP contribution in [0.3, 0.4) is 0 Å². The van der Waals surface area contributed by atoms with Gasteiger partial charge in [-0.1, -0.05) is 17.9 Å². The summed E-state index contributed by atoms with van der Waals surface area (Å²) < 4.78 is 4.55. The van der Waals surface area contributed by atoms with Crippen molar-refractivity contribution in [3.63, 3.8) is 0 Å². The average Bonchev–Trinajstić information content (AvgIpc) is 2.48. The van der Waals surface area contributed by atoms with Gasteiger partial charge in [0, 0.05) is 37.4 Å². The normalized spacial score (nSPS) is 14.5. The standard InChI is InChI=1S/C15H18N2O2/c1-19-15(18)7-3-5-13-4-2-6-14(12-13)17-10-8-16-9-11-17/h2,4,6,12,16H,7-11H2,1H3. The Labute approximate surface area is 113 Å². The molecule has 4 heteroatoms. The van der Waals surface area contributed by atoms with Crippen LogP contribution in [0.25, 0.3) is 0 Å². The third-order valence-electron chi connectivity index (χ3n) is 3.02. The van der Waals surface area contributed by atoms with E-state index >= 15 is 0 Å². The van der Waals surface area contributed by atoms with Crippen molar-refractivity contribution in [2.24, 2.45) is 0 Å². The van der Waals surface area contributed by atoms with Crippen LogP contribution in [0.5, 0.6) is 0 Å². The minimum atomic E-state index is -0.300. The predicted molar refractivity (Wildman–Crippen MR) is 75.0 cm³/mol. The first-order chi connectivity index (χ1) is 9.29. The number of nitrogens with zero attached hydrogens (tertiary/aromatic N) is 1. The lowest BCUT2D eigenvalue weighted by Crippen LogP contribution is -2.43. The van der Waals surface area contributed by atoms with Crippen LogP contribution >= 0.6 is 0 Å². The van der Waals surface area contributed by atoms with E-state index in [0.717, 1.165) is 31.7 Å². The summed E-state index contributed by atoms with van der Waals surface area (Å²) in [5, 5.41) is 3.33. The zero-order valence-corrected chi connectivity index (χ0v) is 11.1. The Kier molecular flexibility index (Phi) is 4.82. The Morgan fingerprint density at radius 2 is 2.21 bits per heavy atom. The highest BCUT2D eigenvalue weighted by Gasteiger charge is 2.09. The summed E-state index contributed by atoms with van der Waals surface area (Å²) in [5.74, 6) is 5.52. The molecule has 1 fully saturated rings. The number of anilines is 1. The Morgan fingerprint density at radius 3 is 2.95 bits per heavy atom. The number of benzene rings is 1. The summed E-state index contributed by atoms with van der Waals surface area (Å²) in [6, 6.07) is 8.11. The van der Waals surface area contributed by atoms with Crippen molar-refractivity contribution in [3.8, 4) is 11.8 Å². The summed E-state index contributed by atoms with van der Waals surface area (Å²) in [5.41, 5.74) is 2.12. The number of esters is 1. The van der Waals surface area contributed by atoms with Crippen molar-refractivity contribution in [1.82, 2.24) is 5.32 Å². The lowest BCUT2D eigenvalue weighted by atomic mass is 10.1. The van der Waals surface area contributed by atoms with Crippen LogP contribution in [0.15, 0.2) is 24.3 Å². The van der Waals surface area contributed by atoms with Crippen LogP contribution in [0.4, 0.5) is 5.69 Å². The van der Waals surface area contributed by atoms with Crippen LogP contribution in [-0.4, -0.2) is 39.3 Å². The maximum atomic E-state index is 11.0. The summed E-state index contributed by atoms with van der Waals surface area (Å²) in [7, 11) is 1.37. The first kappa shape index (κ1) is 13.4. The number of nitrogens with one attached hydrogen (secondary N) is 1. The van der Waals surface area contributed by atoms with Gasteiger partial charge in [0.1, 0.15) is 6.42 Å². The predicted octanol–water partition coefficient (Wildman–Crippen LogP) is 1.01. The molecular formula is C15H18N2O2. The van der Waals surface area contributed by atoms with Crippen molar-refractivity contribution in [2.75, 3.05) is 38.2 Å². The zero-order chi connectivity index (χ0) is 13.5. The Bertz CT molecular complexity index is 496.